The number of aliphatic hydroxyl groups is 1. The van der Waals surface area contributed by atoms with Gasteiger partial charge in [-0.1, -0.05) is 94.6 Å². The van der Waals surface area contributed by atoms with E-state index in [-0.39, 0.29) is 23.6 Å². The van der Waals surface area contributed by atoms with Crippen molar-refractivity contribution in [1.29, 1.82) is 0 Å². The van der Waals surface area contributed by atoms with Gasteiger partial charge in [-0.15, -0.1) is 12.4 Å². The number of nitrogens with zero attached hydrogens (tertiary/aromatic N) is 1. The fourth-order valence-electron chi connectivity index (χ4n) is 6.41. The van der Waals surface area contributed by atoms with Gasteiger partial charge in [-0.05, 0) is 80.1 Å². The zero-order valence-corrected chi connectivity index (χ0v) is 23.4. The maximum atomic E-state index is 12.7. The van der Waals surface area contributed by atoms with Crippen molar-refractivity contribution >= 4 is 18.2 Å². The van der Waals surface area contributed by atoms with Gasteiger partial charge in [-0.25, -0.2) is 0 Å². The van der Waals surface area contributed by atoms with Crippen LogP contribution in [0.25, 0.3) is 0 Å². The number of ketones is 1. The molecule has 198 valence electrons. The Labute approximate surface area is 225 Å². The minimum absolute atomic E-state index is 0. The van der Waals surface area contributed by atoms with Crippen molar-refractivity contribution in [2.24, 2.45) is 11.8 Å². The number of hydrogen-bond acceptors (Lipinski definition) is 3. The van der Waals surface area contributed by atoms with Crippen LogP contribution >= 0.6 is 12.4 Å². The first-order valence-corrected chi connectivity index (χ1v) is 13.9. The van der Waals surface area contributed by atoms with Crippen LogP contribution in [0.4, 0.5) is 0 Å². The van der Waals surface area contributed by atoms with E-state index in [2.05, 4.69) is 62.1 Å². The SMILES string of the molecule is CC(C)(C)c1ccc(C(=O)CCCN2CCC(C(O)(c3ccccc3)C3CCCCC3)CC2)cc1.Cl. The quantitative estimate of drug-likeness (QED) is 0.372. The summed E-state index contributed by atoms with van der Waals surface area (Å²) in [6, 6.07) is 18.7. The van der Waals surface area contributed by atoms with Gasteiger partial charge in [0.25, 0.3) is 0 Å². The Balaban J connectivity index is 0.00000361. The van der Waals surface area contributed by atoms with Crippen LogP contribution in [0.2, 0.25) is 0 Å². The van der Waals surface area contributed by atoms with Crippen LogP contribution < -0.4 is 0 Å². The Bertz CT molecular complexity index is 938. The van der Waals surface area contributed by atoms with Crippen molar-refractivity contribution < 1.29 is 9.90 Å². The average molecular weight is 512 g/mol. The molecule has 1 atom stereocenters. The zero-order chi connectivity index (χ0) is 24.9. The molecule has 1 aliphatic carbocycles. The normalized spacial score (nSPS) is 19.9. The monoisotopic (exact) mass is 511 g/mol. The second-order valence-electron chi connectivity index (χ2n) is 12.0. The van der Waals surface area contributed by atoms with Crippen LogP contribution in [0.5, 0.6) is 0 Å². The van der Waals surface area contributed by atoms with Gasteiger partial charge < -0.3 is 10.0 Å². The van der Waals surface area contributed by atoms with Crippen LogP contribution in [0.1, 0.15) is 100 Å². The predicted octanol–water partition coefficient (Wildman–Crippen LogP) is 7.55. The number of hydrogen-bond donors (Lipinski definition) is 1. The van der Waals surface area contributed by atoms with Crippen molar-refractivity contribution in [2.45, 2.75) is 89.6 Å². The summed E-state index contributed by atoms with van der Waals surface area (Å²) in [5, 5.41) is 12.2. The molecule has 0 radical (unpaired) electrons. The molecular formula is C32H46ClNO2. The lowest BCUT2D eigenvalue weighted by Gasteiger charge is -2.47. The molecule has 0 amide bonds. The van der Waals surface area contributed by atoms with Crippen molar-refractivity contribution in [3.05, 3.63) is 71.3 Å². The molecule has 36 heavy (non-hydrogen) atoms. The summed E-state index contributed by atoms with van der Waals surface area (Å²) in [6.45, 7) is 9.59. The number of piperidine rings is 1. The molecule has 2 fully saturated rings. The van der Waals surface area contributed by atoms with Crippen molar-refractivity contribution in [3.63, 3.8) is 0 Å². The fraction of sp³-hybridized carbons (Fsp3) is 0.594. The Hall–Kier alpha value is -1.68. The molecule has 0 spiro atoms. The van der Waals surface area contributed by atoms with E-state index in [0.29, 0.717) is 18.3 Å². The Morgan fingerprint density at radius 1 is 0.833 bits per heavy atom. The second-order valence-corrected chi connectivity index (χ2v) is 12.0. The first kappa shape index (κ1) is 28.9. The van der Waals surface area contributed by atoms with E-state index in [1.165, 1.54) is 24.8 Å². The summed E-state index contributed by atoms with van der Waals surface area (Å²) in [4.78, 5) is 15.2. The van der Waals surface area contributed by atoms with E-state index in [1.807, 2.05) is 18.2 Å². The minimum Gasteiger partial charge on any atom is -0.385 e. The summed E-state index contributed by atoms with van der Waals surface area (Å²) in [5.74, 6) is 0.931. The fourth-order valence-corrected chi connectivity index (χ4v) is 6.41. The molecule has 1 aliphatic heterocycles. The Morgan fingerprint density at radius 3 is 2.00 bits per heavy atom. The van der Waals surface area contributed by atoms with Gasteiger partial charge in [0, 0.05) is 12.0 Å². The van der Waals surface area contributed by atoms with Crippen LogP contribution in [0, 0.1) is 11.8 Å². The molecular weight excluding hydrogens is 466 g/mol. The first-order valence-electron chi connectivity index (χ1n) is 13.9. The number of benzene rings is 2. The highest BCUT2D eigenvalue weighted by Crippen LogP contribution is 2.47. The molecule has 1 saturated heterocycles. The van der Waals surface area contributed by atoms with E-state index >= 15 is 0 Å². The molecule has 3 nitrogen and oxygen atoms in total. The van der Waals surface area contributed by atoms with Crippen LogP contribution in [-0.4, -0.2) is 35.4 Å². The smallest absolute Gasteiger partial charge is 0.162 e. The van der Waals surface area contributed by atoms with E-state index in [4.69, 9.17) is 0 Å². The predicted molar refractivity (Wildman–Crippen MR) is 152 cm³/mol. The van der Waals surface area contributed by atoms with E-state index in [0.717, 1.165) is 62.9 Å². The molecule has 1 N–H and O–H groups in total. The molecule has 2 aliphatic rings. The standard InChI is InChI=1S/C32H45NO2.ClH/c1-31(2,3)26-18-16-25(17-19-26)30(34)15-10-22-33-23-20-29(21-24-33)32(35,27-11-6-4-7-12-27)28-13-8-5-9-14-28;/h4,6-7,11-12,16-19,28-29,35H,5,8-10,13-15,20-24H2,1-3H3;1H. The van der Waals surface area contributed by atoms with Gasteiger partial charge >= 0.3 is 0 Å². The number of halogens is 1. The highest BCUT2D eigenvalue weighted by molar-refractivity contribution is 5.96. The third-order valence-electron chi connectivity index (χ3n) is 8.62. The highest BCUT2D eigenvalue weighted by atomic mass is 35.5. The zero-order valence-electron chi connectivity index (χ0n) is 22.5. The van der Waals surface area contributed by atoms with Crippen LogP contribution in [-0.2, 0) is 11.0 Å². The summed E-state index contributed by atoms with van der Waals surface area (Å²) in [7, 11) is 0. The number of Topliss-reactive ketones (excluding diaryl/α,β-unsaturated/α-hetero) is 1. The molecule has 1 saturated carbocycles. The minimum atomic E-state index is -0.705. The van der Waals surface area contributed by atoms with E-state index in [1.54, 1.807) is 0 Å². The topological polar surface area (TPSA) is 40.5 Å². The lowest BCUT2D eigenvalue weighted by Crippen LogP contribution is -2.48. The van der Waals surface area contributed by atoms with Gasteiger partial charge in [0.15, 0.2) is 5.78 Å². The summed E-state index contributed by atoms with van der Waals surface area (Å²) >= 11 is 0. The number of rotatable bonds is 8. The molecule has 1 unspecified atom stereocenters. The van der Waals surface area contributed by atoms with Gasteiger partial charge in [0.2, 0.25) is 0 Å². The third kappa shape index (κ3) is 6.79. The van der Waals surface area contributed by atoms with Gasteiger partial charge in [-0.2, -0.15) is 0 Å². The first-order chi connectivity index (χ1) is 16.8. The maximum absolute atomic E-state index is 12.7. The number of carbonyl (C=O) groups excluding carboxylic acids is 1. The average Bonchev–Trinajstić information content (AvgIpc) is 2.89. The molecule has 2 aromatic carbocycles. The molecule has 4 heteroatoms. The highest BCUT2D eigenvalue weighted by Gasteiger charge is 2.46. The lowest BCUT2D eigenvalue weighted by molar-refractivity contribution is -0.105. The maximum Gasteiger partial charge on any atom is 0.162 e. The Morgan fingerprint density at radius 2 is 1.42 bits per heavy atom. The van der Waals surface area contributed by atoms with Crippen molar-refractivity contribution in [1.82, 2.24) is 4.90 Å². The van der Waals surface area contributed by atoms with Gasteiger partial charge in [0.05, 0.1) is 5.60 Å². The molecule has 1 heterocycles. The van der Waals surface area contributed by atoms with E-state index < -0.39 is 5.60 Å². The van der Waals surface area contributed by atoms with Crippen molar-refractivity contribution in [3.8, 4) is 0 Å². The summed E-state index contributed by atoms with van der Waals surface area (Å²) in [5.41, 5.74) is 2.62. The van der Waals surface area contributed by atoms with Gasteiger partial charge in [-0.3, -0.25) is 4.79 Å². The summed E-state index contributed by atoms with van der Waals surface area (Å²) in [6.07, 6.45) is 9.64. The van der Waals surface area contributed by atoms with E-state index in [9.17, 15) is 9.90 Å². The molecule has 2 aromatic rings. The summed E-state index contributed by atoms with van der Waals surface area (Å²) < 4.78 is 0. The molecule has 4 rings (SSSR count). The number of likely N-dealkylation sites (tertiary alicyclic amines) is 1. The molecule has 0 bridgehead atoms. The largest absolute Gasteiger partial charge is 0.385 e. The lowest BCUT2D eigenvalue weighted by atomic mass is 9.65. The van der Waals surface area contributed by atoms with Crippen LogP contribution in [0.15, 0.2) is 54.6 Å². The van der Waals surface area contributed by atoms with Crippen molar-refractivity contribution in [2.75, 3.05) is 19.6 Å². The second kappa shape index (κ2) is 12.7. The Kier molecular flexibility index (Phi) is 10.2. The van der Waals surface area contributed by atoms with Gasteiger partial charge in [0.1, 0.15) is 0 Å². The third-order valence-corrected chi connectivity index (χ3v) is 8.62. The molecule has 0 aromatic heterocycles. The number of carbonyl (C=O) groups is 1. The van der Waals surface area contributed by atoms with Crippen LogP contribution in [0.3, 0.4) is 0 Å².